The summed E-state index contributed by atoms with van der Waals surface area (Å²) in [7, 11) is 1.59. The Balaban J connectivity index is 1.37. The zero-order valence-electron chi connectivity index (χ0n) is 20.4. The standard InChI is InChI=1S/C28H23N3O5S/c1-4-35-23-12-5-18(15-24(23)34-3)6-14-26-29-28-31(30-26)27(33)25(37-28)16-21-11-13-22(36-21)20-9-7-19(8-10-20)17(2)32/h5-16H,4H2,1-3H3/b14-6+,25-16-. The fourth-order valence-electron chi connectivity index (χ4n) is 3.74. The van der Waals surface area contributed by atoms with E-state index < -0.39 is 0 Å². The molecule has 0 radical (unpaired) electrons. The average Bonchev–Trinajstić information content (AvgIpc) is 3.61. The van der Waals surface area contributed by atoms with Crippen molar-refractivity contribution < 1.29 is 18.7 Å². The highest BCUT2D eigenvalue weighted by atomic mass is 32.1. The number of hydrogen-bond donors (Lipinski definition) is 0. The Morgan fingerprint density at radius 1 is 1.08 bits per heavy atom. The molecule has 0 saturated carbocycles. The molecule has 0 atom stereocenters. The van der Waals surface area contributed by atoms with Crippen LogP contribution in [0.4, 0.5) is 0 Å². The van der Waals surface area contributed by atoms with Gasteiger partial charge in [-0.25, -0.2) is 0 Å². The second-order valence-electron chi connectivity index (χ2n) is 8.09. The molecule has 0 bridgehead atoms. The molecule has 5 aromatic rings. The first kappa shape index (κ1) is 24.2. The van der Waals surface area contributed by atoms with Crippen molar-refractivity contribution in [1.29, 1.82) is 0 Å². The zero-order chi connectivity index (χ0) is 25.9. The van der Waals surface area contributed by atoms with Crippen LogP contribution in [0.3, 0.4) is 0 Å². The highest BCUT2D eigenvalue weighted by Crippen LogP contribution is 2.28. The summed E-state index contributed by atoms with van der Waals surface area (Å²) in [6.45, 7) is 4.00. The second-order valence-corrected chi connectivity index (χ2v) is 9.10. The number of hydrogen-bond acceptors (Lipinski definition) is 8. The lowest BCUT2D eigenvalue weighted by Gasteiger charge is -2.09. The smallest absolute Gasteiger partial charge is 0.291 e. The van der Waals surface area contributed by atoms with Gasteiger partial charge in [-0.1, -0.05) is 47.7 Å². The maximum absolute atomic E-state index is 12.9. The maximum atomic E-state index is 12.9. The molecule has 186 valence electrons. The van der Waals surface area contributed by atoms with Gasteiger partial charge in [0.2, 0.25) is 4.96 Å². The largest absolute Gasteiger partial charge is 0.493 e. The third kappa shape index (κ3) is 5.07. The Labute approximate surface area is 216 Å². The molecule has 0 aliphatic rings. The summed E-state index contributed by atoms with van der Waals surface area (Å²) >= 11 is 1.24. The van der Waals surface area contributed by atoms with Crippen molar-refractivity contribution in [1.82, 2.24) is 14.6 Å². The van der Waals surface area contributed by atoms with E-state index in [-0.39, 0.29) is 11.3 Å². The van der Waals surface area contributed by atoms with Crippen LogP contribution < -0.4 is 19.6 Å². The number of furan rings is 1. The third-order valence-electron chi connectivity index (χ3n) is 5.59. The summed E-state index contributed by atoms with van der Waals surface area (Å²) in [6.07, 6.45) is 5.27. The van der Waals surface area contributed by atoms with Crippen molar-refractivity contribution in [2.75, 3.05) is 13.7 Å². The van der Waals surface area contributed by atoms with Gasteiger partial charge in [-0.3, -0.25) is 9.59 Å². The number of Topliss-reactive ketones (excluding diaryl/α,β-unsaturated/α-hetero) is 1. The summed E-state index contributed by atoms with van der Waals surface area (Å²) in [5.41, 5.74) is 2.11. The summed E-state index contributed by atoms with van der Waals surface area (Å²) in [6, 6.07) is 16.4. The predicted octanol–water partition coefficient (Wildman–Crippen LogP) is 4.74. The summed E-state index contributed by atoms with van der Waals surface area (Å²) in [4.78, 5) is 29.3. The number of benzene rings is 2. The SMILES string of the molecule is CCOc1ccc(/C=C/c2nc3s/c(=C\c4ccc(-c5ccc(C(C)=O)cc5)o4)c(=O)n3n2)cc1OC. The lowest BCUT2D eigenvalue weighted by Crippen LogP contribution is -2.23. The van der Waals surface area contributed by atoms with E-state index in [0.717, 1.165) is 11.1 Å². The van der Waals surface area contributed by atoms with E-state index in [0.29, 0.717) is 50.5 Å². The molecule has 37 heavy (non-hydrogen) atoms. The Hall–Kier alpha value is -4.50. The van der Waals surface area contributed by atoms with Crippen LogP contribution in [0.5, 0.6) is 11.5 Å². The molecule has 5 rings (SSSR count). The topological polar surface area (TPSA) is 95.9 Å². The van der Waals surface area contributed by atoms with Gasteiger partial charge in [0.1, 0.15) is 16.1 Å². The lowest BCUT2D eigenvalue weighted by atomic mass is 10.1. The second kappa shape index (κ2) is 10.2. The molecule has 0 fully saturated rings. The van der Waals surface area contributed by atoms with E-state index in [1.807, 2.05) is 49.4 Å². The minimum atomic E-state index is -0.265. The fourth-order valence-corrected chi connectivity index (χ4v) is 4.63. The average molecular weight is 514 g/mol. The maximum Gasteiger partial charge on any atom is 0.291 e. The van der Waals surface area contributed by atoms with Crippen molar-refractivity contribution in [2.45, 2.75) is 13.8 Å². The number of rotatable bonds is 8. The number of carbonyl (C=O) groups is 1. The number of methoxy groups -OCH3 is 1. The molecular weight excluding hydrogens is 490 g/mol. The highest BCUT2D eigenvalue weighted by Gasteiger charge is 2.11. The highest BCUT2D eigenvalue weighted by molar-refractivity contribution is 7.15. The number of nitrogens with zero attached hydrogens (tertiary/aromatic N) is 3. The molecule has 0 saturated heterocycles. The molecule has 3 aromatic heterocycles. The normalized spacial score (nSPS) is 12.0. The first-order valence-electron chi connectivity index (χ1n) is 11.6. The predicted molar refractivity (Wildman–Crippen MR) is 143 cm³/mol. The van der Waals surface area contributed by atoms with Crippen molar-refractivity contribution in [3.63, 3.8) is 0 Å². The molecule has 0 unspecified atom stereocenters. The molecule has 8 nitrogen and oxygen atoms in total. The zero-order valence-corrected chi connectivity index (χ0v) is 21.2. The van der Waals surface area contributed by atoms with Gasteiger partial charge in [-0.05, 0) is 49.8 Å². The van der Waals surface area contributed by atoms with E-state index in [9.17, 15) is 9.59 Å². The van der Waals surface area contributed by atoms with Crippen LogP contribution in [0.25, 0.3) is 34.5 Å². The van der Waals surface area contributed by atoms with Crippen LogP contribution in [0.15, 0.2) is 63.8 Å². The quantitative estimate of drug-likeness (QED) is 0.277. The Morgan fingerprint density at radius 3 is 2.59 bits per heavy atom. The molecule has 9 heteroatoms. The van der Waals surface area contributed by atoms with E-state index in [2.05, 4.69) is 10.1 Å². The Morgan fingerprint density at radius 2 is 1.89 bits per heavy atom. The van der Waals surface area contributed by atoms with Crippen LogP contribution in [-0.2, 0) is 0 Å². The van der Waals surface area contributed by atoms with Gasteiger partial charge in [-0.2, -0.15) is 9.50 Å². The molecular formula is C28H23N3O5S. The molecule has 3 heterocycles. The molecule has 2 aromatic carbocycles. The molecule has 0 aliphatic carbocycles. The number of thiazole rings is 1. The third-order valence-corrected chi connectivity index (χ3v) is 6.55. The molecule has 0 N–H and O–H groups in total. The van der Waals surface area contributed by atoms with Crippen LogP contribution in [0.2, 0.25) is 0 Å². The molecule has 0 spiro atoms. The van der Waals surface area contributed by atoms with Gasteiger partial charge in [0.25, 0.3) is 5.56 Å². The van der Waals surface area contributed by atoms with Crippen molar-refractivity contribution in [2.24, 2.45) is 0 Å². The van der Waals surface area contributed by atoms with Gasteiger partial charge >= 0.3 is 0 Å². The monoisotopic (exact) mass is 513 g/mol. The number of carbonyl (C=O) groups excluding carboxylic acids is 1. The van der Waals surface area contributed by atoms with Crippen molar-refractivity contribution >= 4 is 40.3 Å². The minimum absolute atomic E-state index is 0.00866. The van der Waals surface area contributed by atoms with E-state index in [4.69, 9.17) is 13.9 Å². The Kier molecular flexibility index (Phi) is 6.70. The first-order valence-corrected chi connectivity index (χ1v) is 12.4. The molecule has 0 amide bonds. The van der Waals surface area contributed by atoms with Gasteiger partial charge in [0.15, 0.2) is 23.1 Å². The number of ether oxygens (including phenoxy) is 2. The van der Waals surface area contributed by atoms with Crippen LogP contribution in [0, 0.1) is 0 Å². The van der Waals surface area contributed by atoms with Gasteiger partial charge < -0.3 is 13.9 Å². The minimum Gasteiger partial charge on any atom is -0.493 e. The van der Waals surface area contributed by atoms with Crippen LogP contribution in [-0.4, -0.2) is 34.1 Å². The van der Waals surface area contributed by atoms with E-state index in [1.165, 1.54) is 22.8 Å². The van der Waals surface area contributed by atoms with Crippen molar-refractivity contribution in [3.05, 3.63) is 92.2 Å². The summed E-state index contributed by atoms with van der Waals surface area (Å²) in [5, 5.41) is 4.34. The number of ketones is 1. The summed E-state index contributed by atoms with van der Waals surface area (Å²) < 4.78 is 18.6. The van der Waals surface area contributed by atoms with Gasteiger partial charge in [-0.15, -0.1) is 5.10 Å². The number of aromatic nitrogens is 3. The molecule has 0 aliphatic heterocycles. The van der Waals surface area contributed by atoms with Gasteiger partial charge in [0, 0.05) is 17.2 Å². The first-order chi connectivity index (χ1) is 17.9. The lowest BCUT2D eigenvalue weighted by molar-refractivity contribution is 0.101. The van der Waals surface area contributed by atoms with Crippen LogP contribution >= 0.6 is 11.3 Å². The van der Waals surface area contributed by atoms with E-state index in [1.54, 1.807) is 37.5 Å². The number of fused-ring (bicyclic) bond motifs is 1. The van der Waals surface area contributed by atoms with Crippen molar-refractivity contribution in [3.8, 4) is 22.8 Å². The fraction of sp³-hybridized carbons (Fsp3) is 0.143. The van der Waals surface area contributed by atoms with Crippen LogP contribution in [0.1, 0.15) is 41.4 Å². The van der Waals surface area contributed by atoms with E-state index >= 15 is 0 Å². The summed E-state index contributed by atoms with van der Waals surface area (Å²) in [5.74, 6) is 2.94. The van der Waals surface area contributed by atoms with Gasteiger partial charge in [0.05, 0.1) is 13.7 Å². The Bertz CT molecular complexity index is 1730.